The second-order valence-electron chi connectivity index (χ2n) is 0.0745. The van der Waals surface area contributed by atoms with Gasteiger partial charge in [-0.25, -0.2) is 0 Å². The van der Waals surface area contributed by atoms with Crippen LogP contribution in [0.3, 0.4) is 0 Å². The second kappa shape index (κ2) is 867. The molecule has 0 amide bonds. The normalized spacial score (nSPS) is 0.857. The van der Waals surface area contributed by atoms with E-state index in [4.69, 9.17) is 10.1 Å². The summed E-state index contributed by atoms with van der Waals surface area (Å²) in [4.78, 5) is 8.00. The third kappa shape index (κ3) is 5130. The summed E-state index contributed by atoms with van der Waals surface area (Å²) in [5, 5.41) is 9.00. The first-order chi connectivity index (χ1) is 1.41. The van der Waals surface area contributed by atoms with Gasteiger partial charge in [-0.15, -0.1) is 5.34 Å². The van der Waals surface area contributed by atoms with Gasteiger partial charge in [0.25, 0.3) is 0 Å². The van der Waals surface area contributed by atoms with Crippen LogP contribution in [-0.4, -0.2) is 11.0 Å². The zero-order valence-corrected chi connectivity index (χ0v) is 10.3. The fourth-order valence-electron chi connectivity index (χ4n) is 0. The van der Waals surface area contributed by atoms with Crippen molar-refractivity contribution >= 4 is 0 Å². The van der Waals surface area contributed by atoms with Crippen molar-refractivity contribution in [3.63, 3.8) is 0 Å². The summed E-state index contributed by atoms with van der Waals surface area (Å²) in [5.74, 6) is 0. The average molecular weight is 374 g/mol. The molecule has 14 N–H and O–H groups in total. The van der Waals surface area contributed by atoms with Gasteiger partial charge in [0.1, 0.15) is 0 Å². The number of rotatable bonds is 0. The molecule has 0 fully saturated rings. The first kappa shape index (κ1) is 406. The maximum atomic E-state index is 8.00. The average Bonchev–Trinajstić information content (AvgIpc) is 0.918. The molecule has 0 aromatic heterocycles. The molecule has 0 bridgehead atoms. The van der Waals surface area contributed by atoms with E-state index in [1.54, 1.807) is 0 Å². The Bertz CT molecular complexity index is 31.2. The van der Waals surface area contributed by atoms with Crippen molar-refractivity contribution < 1.29 is 61.5 Å². The molecule has 0 radical (unpaired) electrons. The maximum absolute atomic E-state index is 8.00. The number of hydrogen-bond acceptors (Lipinski definition) is 5. The second-order valence-corrected chi connectivity index (χ2v) is 0.0745. The van der Waals surface area contributed by atoms with Crippen LogP contribution in [0.5, 0.6) is 0 Å². The van der Waals surface area contributed by atoms with Crippen LogP contribution in [0.15, 0.2) is 5.34 Å². The quantitative estimate of drug-likeness (QED) is 0.445. The summed E-state index contributed by atoms with van der Waals surface area (Å²) in [5.41, 5.74) is 0. The number of hydrogen-bond donors (Lipinski definition) is 0. The van der Waals surface area contributed by atoms with Gasteiger partial charge < -0.3 is 75.0 Å². The molecule has 0 heterocycles. The predicted molar refractivity (Wildman–Crippen MR) is 44.7 cm³/mol. The van der Waals surface area contributed by atoms with E-state index in [-0.39, 0.29) is 98.4 Å². The van der Waals surface area contributed by atoms with Crippen LogP contribution in [0, 0.1) is 10.1 Å². The Balaban J connectivity index is -0.000000000364. The standard InChI is InChI=1S/BrH.2Co.HNO2.6H2N.2H2O/c;;;2-1-3;;;;;;;;/h1H;;;(H,2,3);8*1H2/q;2*+3;;6*-1;;/p-4. The molecule has 14 heteroatoms. The molecule has 0 saturated carbocycles. The molecule has 0 aliphatic carbocycles. The van der Waals surface area contributed by atoms with E-state index in [2.05, 4.69) is 0 Å². The molecule has 0 saturated heterocycles. The van der Waals surface area contributed by atoms with Crippen LogP contribution >= 0.6 is 0 Å². The molecule has 0 aliphatic heterocycles. The van der Waals surface area contributed by atoms with E-state index >= 15 is 0 Å². The van der Waals surface area contributed by atoms with Gasteiger partial charge in [0.2, 0.25) is 0 Å². The fourth-order valence-corrected chi connectivity index (χ4v) is 0. The van der Waals surface area contributed by atoms with Crippen LogP contribution < -0.4 is 17.0 Å². The first-order valence-electron chi connectivity index (χ1n) is 0.365. The third-order valence-electron chi connectivity index (χ3n) is 0. The van der Waals surface area contributed by atoms with Crippen molar-refractivity contribution in [3.05, 3.63) is 47.0 Å². The molecule has 0 rings (SSSR count). The van der Waals surface area contributed by atoms with Gasteiger partial charge in [-0.1, -0.05) is 0 Å². The molecule has 14 heavy (non-hydrogen) atoms. The van der Waals surface area contributed by atoms with Gasteiger partial charge in [-0.2, -0.15) is 0 Å². The number of nitrogens with two attached hydrogens (primary N) is 6. The van der Waals surface area contributed by atoms with E-state index in [1.807, 2.05) is 0 Å². The van der Waals surface area contributed by atoms with Crippen LogP contribution in [0.25, 0.3) is 36.9 Å². The summed E-state index contributed by atoms with van der Waals surface area (Å²) >= 11 is 0. The Morgan fingerprint density at radius 2 is 0.714 bits per heavy atom. The van der Waals surface area contributed by atoms with E-state index in [0.717, 1.165) is 5.34 Å². The molecule has 0 atom stereocenters. The van der Waals surface area contributed by atoms with Gasteiger partial charge in [0, 0.05) is 0 Å². The summed E-state index contributed by atoms with van der Waals surface area (Å²) in [6.07, 6.45) is 0. The smallest absolute Gasteiger partial charge is 1.00 e. The van der Waals surface area contributed by atoms with Crippen LogP contribution in [0.4, 0.5) is 0 Å². The molecular weight excluding hydrogens is 360 g/mol. The Labute approximate surface area is 114 Å². The monoisotopic (exact) mass is 373 g/mol. The first-order valence-corrected chi connectivity index (χ1v) is 0.365. The summed E-state index contributed by atoms with van der Waals surface area (Å²) in [7, 11) is 0. The van der Waals surface area contributed by atoms with Crippen LogP contribution in [0.1, 0.15) is 0 Å². The van der Waals surface area contributed by atoms with Crippen molar-refractivity contribution in [2.45, 2.75) is 0 Å². The van der Waals surface area contributed by atoms with Crippen molar-refractivity contribution in [2.75, 3.05) is 0 Å². The molecule has 0 unspecified atom stereocenters. The predicted octanol–water partition coefficient (Wildman–Crippen LogP) is 1.20. The molecule has 0 aromatic carbocycles. The molecular formula is H14BrCo2N7O4-4. The zero-order valence-electron chi connectivity index (χ0n) is 6.67. The van der Waals surface area contributed by atoms with E-state index in [9.17, 15) is 0 Å². The molecule has 102 valence electrons. The van der Waals surface area contributed by atoms with Crippen LogP contribution in [0.2, 0.25) is 0 Å². The molecule has 0 spiro atoms. The minimum Gasteiger partial charge on any atom is -1.00 e. The van der Waals surface area contributed by atoms with Gasteiger partial charge >= 0.3 is 33.6 Å². The SMILES string of the molecule is O=N[O-].[Br-].[Co+3].[Co+3].[NH2-].[NH2-].[NH2-].[NH2-].[NH2-].[NH2-].[OH-].[OH-]. The summed E-state index contributed by atoms with van der Waals surface area (Å²) in [6, 6.07) is 0. The molecule has 0 aliphatic rings. The van der Waals surface area contributed by atoms with Gasteiger partial charge in [-0.05, 0) is 0 Å². The Kier molecular flexibility index (Phi) is 25100. The van der Waals surface area contributed by atoms with Crippen molar-refractivity contribution in [1.29, 1.82) is 0 Å². The van der Waals surface area contributed by atoms with E-state index < -0.39 is 0 Å². The maximum Gasteiger partial charge on any atom is 3.00 e. The Morgan fingerprint density at radius 3 is 0.714 bits per heavy atom. The Morgan fingerprint density at radius 1 is 0.714 bits per heavy atom. The third-order valence-corrected chi connectivity index (χ3v) is 0. The number of nitrogens with zero attached hydrogens (tertiary/aromatic N) is 1. The summed E-state index contributed by atoms with van der Waals surface area (Å²) in [6.45, 7) is 0. The van der Waals surface area contributed by atoms with Crippen LogP contribution in [-0.2, 0) is 33.6 Å². The van der Waals surface area contributed by atoms with Gasteiger partial charge in [-0.3, -0.25) is 0 Å². The summed E-state index contributed by atoms with van der Waals surface area (Å²) < 4.78 is 0. The molecule has 11 nitrogen and oxygen atoms in total. The van der Waals surface area contributed by atoms with E-state index in [1.165, 1.54) is 0 Å². The van der Waals surface area contributed by atoms with E-state index in [0.29, 0.717) is 0 Å². The van der Waals surface area contributed by atoms with Gasteiger partial charge in [0.15, 0.2) is 0 Å². The topological polar surface area (TPSA) is 313 Å². The minimum atomic E-state index is 0. The molecule has 0 aromatic rings. The Hall–Kier alpha value is 0.573. The zero-order chi connectivity index (χ0) is 2.71. The minimum absolute atomic E-state index is 0. The van der Waals surface area contributed by atoms with Crippen molar-refractivity contribution in [3.8, 4) is 0 Å². The van der Waals surface area contributed by atoms with Crippen molar-refractivity contribution in [1.82, 2.24) is 0 Å². The van der Waals surface area contributed by atoms with Gasteiger partial charge in [0.05, 0.1) is 0 Å². The largest absolute Gasteiger partial charge is 3.00 e. The van der Waals surface area contributed by atoms with Crippen molar-refractivity contribution in [2.24, 2.45) is 5.34 Å². The fraction of sp³-hybridized carbons (Fsp3) is 0. The number of halogens is 1.